The van der Waals surface area contributed by atoms with Gasteiger partial charge < -0.3 is 10.4 Å². The number of aromatic amines is 1. The van der Waals surface area contributed by atoms with Crippen molar-refractivity contribution in [3.05, 3.63) is 53.5 Å². The Morgan fingerprint density at radius 2 is 1.96 bits per heavy atom. The molecule has 0 aliphatic heterocycles. The van der Waals surface area contributed by atoms with Gasteiger partial charge in [0.05, 0.1) is 6.20 Å². The Kier molecular flexibility index (Phi) is 3.87. The largest absolute Gasteiger partial charge is 0.478 e. The van der Waals surface area contributed by atoms with Gasteiger partial charge in [0.15, 0.2) is 5.82 Å². The van der Waals surface area contributed by atoms with E-state index in [1.54, 1.807) is 0 Å². The fourth-order valence-corrected chi connectivity index (χ4v) is 2.51. The third-order valence-electron chi connectivity index (χ3n) is 3.63. The van der Waals surface area contributed by atoms with E-state index >= 15 is 0 Å². The second-order valence-electron chi connectivity index (χ2n) is 5.23. The van der Waals surface area contributed by atoms with Gasteiger partial charge in [0.1, 0.15) is 11.3 Å². The number of rotatable bonds is 4. The number of carbonyl (C=O) groups excluding carboxylic acids is 1. The molecule has 0 aliphatic rings. The molecule has 0 radical (unpaired) electrons. The first-order valence-electron chi connectivity index (χ1n) is 7.16. The summed E-state index contributed by atoms with van der Waals surface area (Å²) in [6, 6.07) is 9.47. The van der Waals surface area contributed by atoms with Crippen LogP contribution in [0.1, 0.15) is 26.5 Å². The number of aromatic nitrogens is 4. The van der Waals surface area contributed by atoms with E-state index in [2.05, 4.69) is 20.6 Å². The molecule has 122 valence electrons. The molecule has 2 aromatic heterocycles. The Morgan fingerprint density at radius 3 is 2.62 bits per heavy atom. The SMILES string of the molecule is Cc1[nH]nc(NC(=O)c2c(C(=O)O)cnn2C)c1-c1ccccc1. The lowest BCUT2D eigenvalue weighted by Gasteiger charge is -2.07. The molecule has 3 rings (SSSR count). The monoisotopic (exact) mass is 325 g/mol. The molecule has 0 atom stereocenters. The van der Waals surface area contributed by atoms with Gasteiger partial charge in [-0.05, 0) is 12.5 Å². The number of H-pyrrole nitrogens is 1. The Bertz CT molecular complexity index is 911. The highest BCUT2D eigenvalue weighted by Gasteiger charge is 2.23. The zero-order chi connectivity index (χ0) is 17.3. The Hall–Kier alpha value is -3.42. The number of hydrogen-bond acceptors (Lipinski definition) is 4. The van der Waals surface area contributed by atoms with E-state index < -0.39 is 11.9 Å². The molecule has 0 bridgehead atoms. The summed E-state index contributed by atoms with van der Waals surface area (Å²) in [5.74, 6) is -1.47. The third-order valence-corrected chi connectivity index (χ3v) is 3.63. The van der Waals surface area contributed by atoms with Gasteiger partial charge in [-0.15, -0.1) is 0 Å². The summed E-state index contributed by atoms with van der Waals surface area (Å²) in [7, 11) is 1.51. The summed E-state index contributed by atoms with van der Waals surface area (Å²) in [6.45, 7) is 1.84. The van der Waals surface area contributed by atoms with Gasteiger partial charge in [-0.3, -0.25) is 14.6 Å². The smallest absolute Gasteiger partial charge is 0.339 e. The summed E-state index contributed by atoms with van der Waals surface area (Å²) in [6.07, 6.45) is 1.14. The molecule has 0 aliphatic carbocycles. The number of nitrogens with zero attached hydrogens (tertiary/aromatic N) is 3. The number of aromatic carboxylic acids is 1. The van der Waals surface area contributed by atoms with E-state index in [-0.39, 0.29) is 11.3 Å². The second-order valence-corrected chi connectivity index (χ2v) is 5.23. The van der Waals surface area contributed by atoms with E-state index in [4.69, 9.17) is 0 Å². The van der Waals surface area contributed by atoms with Gasteiger partial charge in [0, 0.05) is 18.3 Å². The zero-order valence-corrected chi connectivity index (χ0v) is 13.1. The normalized spacial score (nSPS) is 10.6. The average molecular weight is 325 g/mol. The van der Waals surface area contributed by atoms with E-state index in [0.717, 1.165) is 23.0 Å². The van der Waals surface area contributed by atoms with Crippen molar-refractivity contribution in [1.82, 2.24) is 20.0 Å². The number of hydrogen-bond donors (Lipinski definition) is 3. The fraction of sp³-hybridized carbons (Fsp3) is 0.125. The summed E-state index contributed by atoms with van der Waals surface area (Å²) >= 11 is 0. The fourth-order valence-electron chi connectivity index (χ4n) is 2.51. The number of anilines is 1. The molecule has 2 heterocycles. The van der Waals surface area contributed by atoms with E-state index in [1.807, 2.05) is 37.3 Å². The van der Waals surface area contributed by atoms with Crippen LogP contribution < -0.4 is 5.32 Å². The van der Waals surface area contributed by atoms with Crippen LogP contribution in [0.2, 0.25) is 0 Å². The molecule has 8 heteroatoms. The van der Waals surface area contributed by atoms with E-state index in [1.165, 1.54) is 11.7 Å². The van der Waals surface area contributed by atoms with Gasteiger partial charge >= 0.3 is 5.97 Å². The van der Waals surface area contributed by atoms with Crippen molar-refractivity contribution in [2.75, 3.05) is 5.32 Å². The molecule has 0 spiro atoms. The first-order chi connectivity index (χ1) is 11.5. The van der Waals surface area contributed by atoms with Crippen LogP contribution in [-0.4, -0.2) is 37.0 Å². The number of amides is 1. The van der Waals surface area contributed by atoms with Crippen molar-refractivity contribution in [2.24, 2.45) is 7.05 Å². The van der Waals surface area contributed by atoms with Crippen molar-refractivity contribution in [3.63, 3.8) is 0 Å². The zero-order valence-electron chi connectivity index (χ0n) is 13.1. The molecular weight excluding hydrogens is 310 g/mol. The first-order valence-corrected chi connectivity index (χ1v) is 7.16. The number of carbonyl (C=O) groups is 2. The third kappa shape index (κ3) is 2.65. The highest BCUT2D eigenvalue weighted by atomic mass is 16.4. The second kappa shape index (κ2) is 5.99. The van der Waals surface area contributed by atoms with Crippen molar-refractivity contribution in [1.29, 1.82) is 0 Å². The molecule has 8 nitrogen and oxygen atoms in total. The van der Waals surface area contributed by atoms with Crippen LogP contribution in [0.25, 0.3) is 11.1 Å². The molecule has 0 saturated carbocycles. The highest BCUT2D eigenvalue weighted by Crippen LogP contribution is 2.29. The number of benzene rings is 1. The van der Waals surface area contributed by atoms with Gasteiger partial charge in [0.25, 0.3) is 5.91 Å². The van der Waals surface area contributed by atoms with Crippen molar-refractivity contribution in [3.8, 4) is 11.1 Å². The van der Waals surface area contributed by atoms with Gasteiger partial charge in [-0.1, -0.05) is 30.3 Å². The summed E-state index contributed by atoms with van der Waals surface area (Å²) in [4.78, 5) is 23.8. The first kappa shape index (κ1) is 15.5. The van der Waals surface area contributed by atoms with Crippen LogP contribution in [0.15, 0.2) is 36.5 Å². The van der Waals surface area contributed by atoms with Crippen LogP contribution in [-0.2, 0) is 7.05 Å². The molecular formula is C16H15N5O3. The van der Waals surface area contributed by atoms with Gasteiger partial charge in [-0.25, -0.2) is 4.79 Å². The number of carboxylic acid groups (broad SMARTS) is 1. The Morgan fingerprint density at radius 1 is 1.25 bits per heavy atom. The minimum Gasteiger partial charge on any atom is -0.478 e. The maximum atomic E-state index is 12.5. The van der Waals surface area contributed by atoms with E-state index in [9.17, 15) is 14.7 Å². The molecule has 3 N–H and O–H groups in total. The molecule has 1 aromatic carbocycles. The Balaban J connectivity index is 1.98. The van der Waals surface area contributed by atoms with Crippen LogP contribution in [0, 0.1) is 6.92 Å². The average Bonchev–Trinajstić information content (AvgIpc) is 3.11. The molecule has 3 aromatic rings. The van der Waals surface area contributed by atoms with Gasteiger partial charge in [-0.2, -0.15) is 10.2 Å². The molecule has 0 saturated heterocycles. The number of carboxylic acids is 1. The number of aryl methyl sites for hydroxylation is 2. The lowest BCUT2D eigenvalue weighted by molar-refractivity contribution is 0.0692. The predicted octanol–water partition coefficient (Wildman–Crippen LogP) is 2.07. The molecule has 1 amide bonds. The molecule has 0 unspecified atom stereocenters. The standard InChI is InChI=1S/C16H15N5O3/c1-9-12(10-6-4-3-5-7-10)14(20-19-9)18-15(22)13-11(16(23)24)8-17-21(13)2/h3-8H,1-2H3,(H,23,24)(H2,18,19,20,22). The van der Waals surface area contributed by atoms with Crippen LogP contribution in [0.5, 0.6) is 0 Å². The van der Waals surface area contributed by atoms with E-state index in [0.29, 0.717) is 5.82 Å². The maximum absolute atomic E-state index is 12.5. The van der Waals surface area contributed by atoms with Crippen LogP contribution >= 0.6 is 0 Å². The topological polar surface area (TPSA) is 113 Å². The van der Waals surface area contributed by atoms with Crippen molar-refractivity contribution < 1.29 is 14.7 Å². The van der Waals surface area contributed by atoms with Crippen molar-refractivity contribution >= 4 is 17.7 Å². The minimum absolute atomic E-state index is 0.0397. The quantitative estimate of drug-likeness (QED) is 0.679. The summed E-state index contributed by atoms with van der Waals surface area (Å²) in [5, 5.41) is 22.6. The van der Waals surface area contributed by atoms with Crippen LogP contribution in [0.4, 0.5) is 5.82 Å². The lowest BCUT2D eigenvalue weighted by Crippen LogP contribution is -2.20. The highest BCUT2D eigenvalue weighted by molar-refractivity contribution is 6.10. The van der Waals surface area contributed by atoms with Crippen LogP contribution in [0.3, 0.4) is 0 Å². The Labute approximate surface area is 137 Å². The predicted molar refractivity (Wildman–Crippen MR) is 86.9 cm³/mol. The minimum atomic E-state index is -1.21. The van der Waals surface area contributed by atoms with Gasteiger partial charge in [0.2, 0.25) is 0 Å². The maximum Gasteiger partial charge on any atom is 0.339 e. The van der Waals surface area contributed by atoms with Crippen molar-refractivity contribution in [2.45, 2.75) is 6.92 Å². The molecule has 24 heavy (non-hydrogen) atoms. The molecule has 0 fully saturated rings. The lowest BCUT2D eigenvalue weighted by atomic mass is 10.1. The number of nitrogens with one attached hydrogen (secondary N) is 2. The summed E-state index contributed by atoms with van der Waals surface area (Å²) in [5.41, 5.74) is 2.23. The summed E-state index contributed by atoms with van der Waals surface area (Å²) < 4.78 is 1.22.